The second-order valence-electron chi connectivity index (χ2n) is 6.30. The third-order valence-corrected chi connectivity index (χ3v) is 6.93. The van der Waals surface area contributed by atoms with Crippen molar-refractivity contribution in [2.24, 2.45) is 0 Å². The highest BCUT2D eigenvalue weighted by molar-refractivity contribution is 14.1. The van der Waals surface area contributed by atoms with Crippen LogP contribution in [0, 0.1) is 19.6 Å². The average molecular weight is 449 g/mol. The van der Waals surface area contributed by atoms with E-state index in [-0.39, 0.29) is 11.3 Å². The zero-order chi connectivity index (χ0) is 17.5. The summed E-state index contributed by atoms with van der Waals surface area (Å²) in [4.78, 5) is 14.8. The number of carbonyl (C=O) groups excluding carboxylic acids is 1. The van der Waals surface area contributed by atoms with Crippen molar-refractivity contribution in [3.05, 3.63) is 43.7 Å². The first-order valence-electron chi connectivity index (χ1n) is 7.48. The number of halogens is 1. The van der Waals surface area contributed by atoms with Gasteiger partial charge in [-0.25, -0.2) is 0 Å². The van der Waals surface area contributed by atoms with Gasteiger partial charge >= 0.3 is 0 Å². The van der Waals surface area contributed by atoms with Gasteiger partial charge in [-0.3, -0.25) is 10.2 Å². The molecule has 0 spiro atoms. The Morgan fingerprint density at radius 1 is 1.38 bits per heavy atom. The number of carbonyl (C=O) groups is 1. The van der Waals surface area contributed by atoms with Crippen LogP contribution in [0.15, 0.2) is 30.3 Å². The van der Waals surface area contributed by atoms with Gasteiger partial charge in [0.25, 0.3) is 0 Å². The molecule has 0 unspecified atom stereocenters. The fraction of sp³-hybridized carbons (Fsp3) is 0.278. The highest BCUT2D eigenvalue weighted by Crippen LogP contribution is 2.43. The molecular formula is C18H16IN3OS. The summed E-state index contributed by atoms with van der Waals surface area (Å²) in [7, 11) is 1.67. The summed E-state index contributed by atoms with van der Waals surface area (Å²) in [6.45, 7) is 2.06. The molecule has 0 saturated carbocycles. The maximum Gasteiger partial charge on any atom is 0.228 e. The normalized spacial score (nSPS) is 21.0. The number of piperidine rings is 1. The maximum atomic E-state index is 12.2. The lowest BCUT2D eigenvalue weighted by atomic mass is 9.78. The van der Waals surface area contributed by atoms with Crippen LogP contribution in [0.3, 0.4) is 0 Å². The predicted octanol–water partition coefficient (Wildman–Crippen LogP) is 4.38. The van der Waals surface area contributed by atoms with E-state index in [1.807, 2.05) is 18.2 Å². The highest BCUT2D eigenvalue weighted by Gasteiger charge is 2.39. The lowest BCUT2D eigenvalue weighted by Gasteiger charge is -2.36. The van der Waals surface area contributed by atoms with Crippen LogP contribution in [0.2, 0.25) is 0 Å². The Kier molecular flexibility index (Phi) is 4.49. The van der Waals surface area contributed by atoms with Crippen molar-refractivity contribution >= 4 is 45.7 Å². The molecule has 2 aromatic rings. The minimum Gasteiger partial charge on any atom is -0.304 e. The molecule has 0 radical (unpaired) electrons. The van der Waals surface area contributed by atoms with Crippen LogP contribution in [-0.2, 0) is 10.2 Å². The molecule has 1 aromatic heterocycles. The van der Waals surface area contributed by atoms with Gasteiger partial charge in [-0.05, 0) is 46.4 Å². The van der Waals surface area contributed by atoms with Gasteiger partial charge in [0.2, 0.25) is 5.91 Å². The molecule has 24 heavy (non-hydrogen) atoms. The second kappa shape index (κ2) is 6.30. The molecule has 1 amide bonds. The quantitative estimate of drug-likeness (QED) is 0.692. The smallest absolute Gasteiger partial charge is 0.228 e. The molecule has 1 aliphatic rings. The van der Waals surface area contributed by atoms with E-state index in [9.17, 15) is 4.79 Å². The van der Waals surface area contributed by atoms with Crippen molar-refractivity contribution in [2.75, 3.05) is 7.05 Å². The topological polar surface area (TPSA) is 68.0 Å². The Labute approximate surface area is 158 Å². The van der Waals surface area contributed by atoms with Crippen molar-refractivity contribution in [1.29, 1.82) is 10.7 Å². The van der Waals surface area contributed by atoms with Crippen molar-refractivity contribution in [3.63, 3.8) is 0 Å². The molecule has 1 saturated heterocycles. The molecule has 1 aliphatic heterocycles. The molecule has 0 bridgehead atoms. The Morgan fingerprint density at radius 3 is 2.79 bits per heavy atom. The summed E-state index contributed by atoms with van der Waals surface area (Å²) in [6.07, 6.45) is 0.976. The van der Waals surface area contributed by atoms with E-state index in [2.05, 4.69) is 41.7 Å². The van der Waals surface area contributed by atoms with Crippen molar-refractivity contribution in [3.8, 4) is 17.2 Å². The SMILES string of the molecule is CN1C(=N)C[C@](C)(c2cc(-c3cccc(C#N)c3)c(I)s2)CC1=O. The van der Waals surface area contributed by atoms with Crippen LogP contribution in [-0.4, -0.2) is 23.7 Å². The molecule has 1 atom stereocenters. The van der Waals surface area contributed by atoms with Crippen molar-refractivity contribution in [2.45, 2.75) is 25.2 Å². The average Bonchev–Trinajstić information content (AvgIpc) is 2.95. The molecule has 4 nitrogen and oxygen atoms in total. The Bertz CT molecular complexity index is 863. The number of nitriles is 1. The van der Waals surface area contributed by atoms with Crippen LogP contribution < -0.4 is 0 Å². The third kappa shape index (κ3) is 2.98. The number of hydrogen-bond acceptors (Lipinski definition) is 4. The van der Waals surface area contributed by atoms with E-state index >= 15 is 0 Å². The Hall–Kier alpha value is -1.72. The molecule has 1 N–H and O–H groups in total. The highest BCUT2D eigenvalue weighted by atomic mass is 127. The van der Waals surface area contributed by atoms with E-state index in [1.165, 1.54) is 4.90 Å². The molecule has 1 aromatic carbocycles. The van der Waals surface area contributed by atoms with Crippen LogP contribution in [0.25, 0.3) is 11.1 Å². The summed E-state index contributed by atoms with van der Waals surface area (Å²) in [5.74, 6) is 0.357. The lowest BCUT2D eigenvalue weighted by molar-refractivity contribution is -0.128. The zero-order valence-electron chi connectivity index (χ0n) is 13.4. The third-order valence-electron chi connectivity index (χ3n) is 4.46. The second-order valence-corrected chi connectivity index (χ2v) is 9.17. The standard InChI is InChI=1S/C18H16IN3OS/c1-18(8-15(21)22(2)16(23)9-18)14-7-13(17(19)24-14)12-5-3-4-11(6-12)10-20/h3-7,21H,8-9H2,1-2H3/t18-/m0/s1. The number of amidine groups is 1. The molecular weight excluding hydrogens is 433 g/mol. The number of nitrogens with one attached hydrogen (secondary N) is 1. The lowest BCUT2D eigenvalue weighted by Crippen LogP contribution is -2.46. The van der Waals surface area contributed by atoms with Crippen molar-refractivity contribution < 1.29 is 4.79 Å². The van der Waals surface area contributed by atoms with Gasteiger partial charge in [-0.2, -0.15) is 5.26 Å². The first-order chi connectivity index (χ1) is 11.3. The van der Waals surface area contributed by atoms with Gasteiger partial charge in [0.05, 0.1) is 14.5 Å². The molecule has 1 fully saturated rings. The number of thiophene rings is 1. The summed E-state index contributed by atoms with van der Waals surface area (Å²) >= 11 is 3.98. The number of likely N-dealkylation sites (tertiary alicyclic amines) is 1. The van der Waals surface area contributed by atoms with E-state index in [1.54, 1.807) is 24.5 Å². The molecule has 2 heterocycles. The molecule has 0 aliphatic carbocycles. The monoisotopic (exact) mass is 449 g/mol. The molecule has 6 heteroatoms. The first-order valence-corrected chi connectivity index (χ1v) is 9.38. The first kappa shape index (κ1) is 17.1. The van der Waals surface area contributed by atoms with Gasteiger partial charge in [0.15, 0.2) is 0 Å². The Morgan fingerprint density at radius 2 is 2.12 bits per heavy atom. The van der Waals surface area contributed by atoms with Gasteiger partial charge in [-0.15, -0.1) is 11.3 Å². The van der Waals surface area contributed by atoms with Crippen LogP contribution in [0.1, 0.15) is 30.2 Å². The number of amides is 1. The van der Waals surface area contributed by atoms with E-state index in [0.29, 0.717) is 24.2 Å². The largest absolute Gasteiger partial charge is 0.304 e. The van der Waals surface area contributed by atoms with Gasteiger partial charge in [-0.1, -0.05) is 19.1 Å². The van der Waals surface area contributed by atoms with Gasteiger partial charge in [0.1, 0.15) is 5.84 Å². The molecule has 122 valence electrons. The van der Waals surface area contributed by atoms with E-state index < -0.39 is 0 Å². The minimum atomic E-state index is -0.337. The van der Waals surface area contributed by atoms with Gasteiger partial charge in [0, 0.05) is 35.7 Å². The summed E-state index contributed by atoms with van der Waals surface area (Å²) in [5, 5.41) is 17.2. The number of benzene rings is 1. The number of nitrogens with zero attached hydrogens (tertiary/aromatic N) is 2. The van der Waals surface area contributed by atoms with Crippen LogP contribution >= 0.6 is 33.9 Å². The summed E-state index contributed by atoms with van der Waals surface area (Å²) in [6, 6.07) is 11.9. The predicted molar refractivity (Wildman–Crippen MR) is 104 cm³/mol. The number of rotatable bonds is 2. The Balaban J connectivity index is 2.01. The fourth-order valence-corrected chi connectivity index (χ4v) is 5.17. The zero-order valence-corrected chi connectivity index (χ0v) is 16.4. The van der Waals surface area contributed by atoms with E-state index in [0.717, 1.165) is 18.9 Å². The minimum absolute atomic E-state index is 0.00909. The van der Waals surface area contributed by atoms with E-state index in [4.69, 9.17) is 10.7 Å². The summed E-state index contributed by atoms with van der Waals surface area (Å²) < 4.78 is 1.14. The van der Waals surface area contributed by atoms with Gasteiger partial charge < -0.3 is 4.90 Å². The number of hydrogen-bond donors (Lipinski definition) is 1. The molecule has 3 rings (SSSR count). The van der Waals surface area contributed by atoms with Crippen molar-refractivity contribution in [1.82, 2.24) is 4.90 Å². The van der Waals surface area contributed by atoms with Crippen LogP contribution in [0.5, 0.6) is 0 Å². The fourth-order valence-electron chi connectivity index (χ4n) is 2.95. The summed E-state index contributed by atoms with van der Waals surface area (Å²) in [5.41, 5.74) is 2.40. The van der Waals surface area contributed by atoms with Crippen LogP contribution in [0.4, 0.5) is 0 Å². The maximum absolute atomic E-state index is 12.2.